The molecule has 0 radical (unpaired) electrons. The Kier molecular flexibility index (Phi) is 19.3. The standard InChI is InChI=1S/C36H69N9.C29H56N8/c1-31(2)19-25(20-32(3,4)43(31)16)40(13)28-37-29(41(14)26-21-33(5,6)44(17)34(7,8)22-26)39-30(38-28)42(15)27-23-35(9,10)45(18)36(11,12)24-27;1-14-15-16-30-23-31-24(34(10)21-17-26(2,3)36(12)27(4,5)18-21)33-25(32-23)35(11)22-19-28(6,7)37(13)29(8,9)20-22/h25-27H,19-24H2,1-18H3;21-22H,14-20H2,1-13H3,(H,30,31,32,33). The van der Waals surface area contributed by atoms with Gasteiger partial charge in [0.25, 0.3) is 0 Å². The lowest BCUT2D eigenvalue weighted by molar-refractivity contribution is -0.0128. The highest BCUT2D eigenvalue weighted by atomic mass is 15.4. The maximum atomic E-state index is 5.28. The van der Waals surface area contributed by atoms with E-state index in [-0.39, 0.29) is 55.4 Å². The van der Waals surface area contributed by atoms with Crippen molar-refractivity contribution in [2.45, 2.75) is 308 Å². The van der Waals surface area contributed by atoms with E-state index in [9.17, 15) is 0 Å². The average Bonchev–Trinajstić information content (AvgIpc) is 3.35. The predicted octanol–water partition coefficient (Wildman–Crippen LogP) is 11.4. The van der Waals surface area contributed by atoms with Gasteiger partial charge in [0, 0.05) is 127 Å². The van der Waals surface area contributed by atoms with Crippen LogP contribution in [0.1, 0.15) is 222 Å². The van der Waals surface area contributed by atoms with Crippen LogP contribution in [0.15, 0.2) is 0 Å². The number of hydrogen-bond donors (Lipinski definition) is 1. The van der Waals surface area contributed by atoms with Crippen LogP contribution in [-0.2, 0) is 0 Å². The molecule has 470 valence electrons. The molecule has 5 fully saturated rings. The number of piperidine rings is 5. The van der Waals surface area contributed by atoms with Crippen molar-refractivity contribution in [1.29, 1.82) is 0 Å². The number of likely N-dealkylation sites (tertiary alicyclic amines) is 5. The summed E-state index contributed by atoms with van der Waals surface area (Å²) in [4.78, 5) is 55.2. The van der Waals surface area contributed by atoms with Gasteiger partial charge in [0.2, 0.25) is 35.7 Å². The van der Waals surface area contributed by atoms with Crippen molar-refractivity contribution in [2.24, 2.45) is 0 Å². The summed E-state index contributed by atoms with van der Waals surface area (Å²) in [5.74, 6) is 4.57. The van der Waals surface area contributed by atoms with E-state index in [0.29, 0.717) is 36.2 Å². The highest BCUT2D eigenvalue weighted by molar-refractivity contribution is 5.49. The topological polar surface area (TPSA) is 122 Å². The second-order valence-corrected chi connectivity index (χ2v) is 33.1. The quantitative estimate of drug-likeness (QED) is 0.180. The molecule has 5 aliphatic heterocycles. The molecule has 7 heterocycles. The van der Waals surface area contributed by atoms with E-state index in [2.05, 4.69) is 270 Å². The largest absolute Gasteiger partial charge is 0.354 e. The SMILES string of the molecule is CCCCNc1nc(N(C)C2CC(C)(C)N(C)C(C)(C)C2)nc(N(C)C2CC(C)(C)N(C)C(C)(C)C2)n1.CN(c1nc(N(C)C2CC(C)(C)N(C)C(C)(C)C2)nc(N(C)C2CC(C)(C)N(C)C(C)(C)C2)n1)C1CC(C)(C)N(C)C(C)(C)C1. The lowest BCUT2D eigenvalue weighted by Crippen LogP contribution is -2.63. The molecule has 5 aliphatic rings. The number of unbranched alkanes of at least 4 members (excludes halogenated alkanes) is 1. The van der Waals surface area contributed by atoms with E-state index in [0.717, 1.165) is 113 Å². The molecule has 2 aromatic heterocycles. The van der Waals surface area contributed by atoms with Gasteiger partial charge in [0.05, 0.1) is 0 Å². The fourth-order valence-electron chi connectivity index (χ4n) is 15.7. The molecule has 0 spiro atoms. The lowest BCUT2D eigenvalue weighted by atomic mass is 9.77. The van der Waals surface area contributed by atoms with Gasteiger partial charge < -0.3 is 29.8 Å². The summed E-state index contributed by atoms with van der Waals surface area (Å²) < 4.78 is 0. The van der Waals surface area contributed by atoms with Crippen LogP contribution in [-0.4, -0.2) is 217 Å². The maximum absolute atomic E-state index is 5.28. The third-order valence-corrected chi connectivity index (χ3v) is 22.8. The van der Waals surface area contributed by atoms with E-state index in [4.69, 9.17) is 29.9 Å². The zero-order chi connectivity index (χ0) is 62.3. The van der Waals surface area contributed by atoms with E-state index in [1.807, 2.05) is 0 Å². The molecule has 0 aromatic carbocycles. The minimum Gasteiger partial charge on any atom is -0.354 e. The van der Waals surface area contributed by atoms with Gasteiger partial charge in [-0.25, -0.2) is 0 Å². The van der Waals surface area contributed by atoms with Gasteiger partial charge >= 0.3 is 0 Å². The Morgan fingerprint density at radius 2 is 0.476 bits per heavy atom. The van der Waals surface area contributed by atoms with Crippen molar-refractivity contribution in [3.05, 3.63) is 0 Å². The Balaban J connectivity index is 0.000000269. The van der Waals surface area contributed by atoms with E-state index in [1.54, 1.807) is 0 Å². The van der Waals surface area contributed by atoms with Gasteiger partial charge in [0.1, 0.15) is 0 Å². The molecule has 82 heavy (non-hydrogen) atoms. The summed E-state index contributed by atoms with van der Waals surface area (Å²) in [6.45, 7) is 50.3. The second kappa shape index (κ2) is 23.4. The fraction of sp³-hybridized carbons (Fsp3) is 0.908. The Morgan fingerprint density at radius 1 is 0.317 bits per heavy atom. The van der Waals surface area contributed by atoms with Crippen molar-refractivity contribution < 1.29 is 0 Å². The maximum Gasteiger partial charge on any atom is 0.231 e. The molecule has 0 atom stereocenters. The van der Waals surface area contributed by atoms with Crippen LogP contribution in [0.3, 0.4) is 0 Å². The van der Waals surface area contributed by atoms with E-state index >= 15 is 0 Å². The minimum atomic E-state index is 0.0729. The lowest BCUT2D eigenvalue weighted by Gasteiger charge is -2.55. The van der Waals surface area contributed by atoms with Crippen LogP contribution in [0.2, 0.25) is 0 Å². The summed E-state index contributed by atoms with van der Waals surface area (Å²) >= 11 is 0. The molecular weight excluding hydrogens is 1020 g/mol. The molecule has 0 amide bonds. The molecular formula is C65H125N17. The second-order valence-electron chi connectivity index (χ2n) is 33.1. The number of hydrogen-bond acceptors (Lipinski definition) is 17. The highest BCUT2D eigenvalue weighted by Gasteiger charge is 2.50. The monoisotopic (exact) mass is 1140 g/mol. The average molecular weight is 1140 g/mol. The Bertz CT molecular complexity index is 2160. The highest BCUT2D eigenvalue weighted by Crippen LogP contribution is 2.45. The molecule has 7 rings (SSSR count). The van der Waals surface area contributed by atoms with Crippen molar-refractivity contribution in [2.75, 3.05) is 107 Å². The first-order valence-electron chi connectivity index (χ1n) is 31.7. The summed E-state index contributed by atoms with van der Waals surface area (Å²) in [6, 6.07) is 1.69. The first-order valence-corrected chi connectivity index (χ1v) is 31.7. The van der Waals surface area contributed by atoms with Crippen LogP contribution in [0.4, 0.5) is 35.7 Å². The Morgan fingerprint density at radius 3 is 0.634 bits per heavy atom. The molecule has 17 heteroatoms. The summed E-state index contributed by atoms with van der Waals surface area (Å²) in [5.41, 5.74) is 0.830. The number of anilines is 6. The van der Waals surface area contributed by atoms with E-state index < -0.39 is 0 Å². The van der Waals surface area contributed by atoms with Crippen LogP contribution < -0.4 is 29.8 Å². The van der Waals surface area contributed by atoms with Gasteiger partial charge in [-0.05, 0) is 244 Å². The summed E-state index contributed by atoms with van der Waals surface area (Å²) in [6.07, 6.45) is 12.8. The normalized spacial score (nSPS) is 25.9. The first kappa shape index (κ1) is 67.7. The van der Waals surface area contributed by atoms with Gasteiger partial charge in [-0.15, -0.1) is 0 Å². The zero-order valence-corrected chi connectivity index (χ0v) is 58.7. The number of rotatable bonds is 14. The van der Waals surface area contributed by atoms with Crippen LogP contribution >= 0.6 is 0 Å². The first-order chi connectivity index (χ1) is 37.1. The molecule has 0 aliphatic carbocycles. The van der Waals surface area contributed by atoms with E-state index in [1.165, 1.54) is 0 Å². The smallest absolute Gasteiger partial charge is 0.231 e. The molecule has 0 saturated carbocycles. The summed E-state index contributed by atoms with van der Waals surface area (Å²) in [7, 11) is 22.3. The van der Waals surface area contributed by atoms with Crippen LogP contribution in [0, 0.1) is 0 Å². The number of nitrogens with one attached hydrogen (secondary N) is 1. The van der Waals surface area contributed by atoms with Crippen molar-refractivity contribution in [3.8, 4) is 0 Å². The third-order valence-electron chi connectivity index (χ3n) is 22.8. The van der Waals surface area contributed by atoms with Crippen molar-refractivity contribution in [3.63, 3.8) is 0 Å². The van der Waals surface area contributed by atoms with Gasteiger partial charge in [-0.2, -0.15) is 29.9 Å². The minimum absolute atomic E-state index is 0.0729. The van der Waals surface area contributed by atoms with Crippen LogP contribution in [0.25, 0.3) is 0 Å². The van der Waals surface area contributed by atoms with Crippen LogP contribution in [0.5, 0.6) is 0 Å². The third kappa shape index (κ3) is 14.2. The fourth-order valence-corrected chi connectivity index (χ4v) is 15.7. The van der Waals surface area contributed by atoms with Gasteiger partial charge in [-0.1, -0.05) is 13.3 Å². The Labute approximate surface area is 502 Å². The van der Waals surface area contributed by atoms with Crippen molar-refractivity contribution >= 4 is 35.7 Å². The number of aromatic nitrogens is 6. The molecule has 5 saturated heterocycles. The van der Waals surface area contributed by atoms with Gasteiger partial charge in [-0.3, -0.25) is 24.5 Å². The molecule has 1 N–H and O–H groups in total. The molecule has 0 unspecified atom stereocenters. The predicted molar refractivity (Wildman–Crippen MR) is 350 cm³/mol. The molecule has 0 bridgehead atoms. The summed E-state index contributed by atoms with van der Waals surface area (Å²) in [5, 5.41) is 3.49. The molecule has 17 nitrogen and oxygen atoms in total. The van der Waals surface area contributed by atoms with Gasteiger partial charge in [0.15, 0.2) is 0 Å². The van der Waals surface area contributed by atoms with Crippen molar-refractivity contribution in [1.82, 2.24) is 54.4 Å². The molecule has 2 aromatic rings. The Hall–Kier alpha value is -3.38. The number of nitrogens with zero attached hydrogens (tertiary/aromatic N) is 16. The zero-order valence-electron chi connectivity index (χ0n) is 58.7.